The van der Waals surface area contributed by atoms with Gasteiger partial charge in [-0.3, -0.25) is 9.59 Å². The van der Waals surface area contributed by atoms with Crippen LogP contribution in [-0.2, 0) is 9.59 Å². The number of hydrogen-bond donors (Lipinski definition) is 2. The third-order valence-corrected chi connectivity index (χ3v) is 4.26. The van der Waals surface area contributed by atoms with Crippen LogP contribution in [0.1, 0.15) is 52.9 Å². The minimum absolute atomic E-state index is 0.0332. The third-order valence-electron chi connectivity index (χ3n) is 4.26. The largest absolute Gasteiger partial charge is 0.481 e. The Labute approximate surface area is 121 Å². The zero-order valence-electron chi connectivity index (χ0n) is 12.9. The second-order valence-electron chi connectivity index (χ2n) is 6.40. The molecule has 1 amide bonds. The van der Waals surface area contributed by atoms with Crippen molar-refractivity contribution in [3.63, 3.8) is 0 Å². The molecule has 1 rings (SSSR count). The standard InChI is InChI=1S/C15H28N2O3/c1-4-5-15(14(19)20)6-8-17(9-7-15)13(18)12(16)10-11(2)3/h11-12H,4-10,16H2,1-3H3,(H,19,20)/t12-/m0/s1. The molecule has 0 radical (unpaired) electrons. The van der Waals surface area contributed by atoms with Crippen molar-refractivity contribution in [2.24, 2.45) is 17.1 Å². The molecule has 1 atom stereocenters. The normalized spacial score (nSPS) is 19.9. The van der Waals surface area contributed by atoms with Crippen molar-refractivity contribution in [2.45, 2.75) is 58.9 Å². The fraction of sp³-hybridized carbons (Fsp3) is 0.867. The highest BCUT2D eigenvalue weighted by Crippen LogP contribution is 2.36. The van der Waals surface area contributed by atoms with E-state index in [-0.39, 0.29) is 5.91 Å². The first-order valence-corrected chi connectivity index (χ1v) is 7.60. The highest BCUT2D eigenvalue weighted by molar-refractivity contribution is 5.82. The van der Waals surface area contributed by atoms with E-state index in [0.29, 0.717) is 44.7 Å². The average Bonchev–Trinajstić information content (AvgIpc) is 2.38. The summed E-state index contributed by atoms with van der Waals surface area (Å²) in [6, 6.07) is -0.460. The Morgan fingerprint density at radius 2 is 1.85 bits per heavy atom. The molecule has 1 saturated heterocycles. The van der Waals surface area contributed by atoms with Gasteiger partial charge in [0.15, 0.2) is 0 Å². The third kappa shape index (κ3) is 3.95. The Hall–Kier alpha value is -1.10. The molecule has 3 N–H and O–H groups in total. The van der Waals surface area contributed by atoms with Gasteiger partial charge in [0.05, 0.1) is 11.5 Å². The van der Waals surface area contributed by atoms with E-state index in [0.717, 1.165) is 6.42 Å². The lowest BCUT2D eigenvalue weighted by Gasteiger charge is -2.39. The van der Waals surface area contributed by atoms with Gasteiger partial charge in [0, 0.05) is 13.1 Å². The molecular formula is C15H28N2O3. The van der Waals surface area contributed by atoms with Crippen LogP contribution >= 0.6 is 0 Å². The minimum Gasteiger partial charge on any atom is -0.481 e. The summed E-state index contributed by atoms with van der Waals surface area (Å²) in [5.41, 5.74) is 5.28. The first-order valence-electron chi connectivity index (χ1n) is 7.60. The molecule has 1 fully saturated rings. The number of piperidine rings is 1. The predicted molar refractivity (Wildman–Crippen MR) is 78.2 cm³/mol. The summed E-state index contributed by atoms with van der Waals surface area (Å²) in [5.74, 6) is -0.371. The Kier molecular flexibility index (Phi) is 5.99. The van der Waals surface area contributed by atoms with Crippen molar-refractivity contribution in [2.75, 3.05) is 13.1 Å². The van der Waals surface area contributed by atoms with Crippen LogP contribution < -0.4 is 5.73 Å². The molecular weight excluding hydrogens is 256 g/mol. The van der Waals surface area contributed by atoms with E-state index in [1.807, 2.05) is 20.8 Å². The molecule has 1 heterocycles. The van der Waals surface area contributed by atoms with E-state index in [1.54, 1.807) is 4.90 Å². The molecule has 0 aromatic heterocycles. The van der Waals surface area contributed by atoms with Crippen LogP contribution in [0, 0.1) is 11.3 Å². The number of likely N-dealkylation sites (tertiary alicyclic amines) is 1. The molecule has 1 aliphatic rings. The van der Waals surface area contributed by atoms with Gasteiger partial charge in [0.1, 0.15) is 0 Å². The van der Waals surface area contributed by atoms with Crippen molar-refractivity contribution < 1.29 is 14.7 Å². The topological polar surface area (TPSA) is 83.6 Å². The van der Waals surface area contributed by atoms with Crippen LogP contribution in [0.5, 0.6) is 0 Å². The van der Waals surface area contributed by atoms with Gasteiger partial charge in [0.2, 0.25) is 5.91 Å². The maximum absolute atomic E-state index is 12.2. The van der Waals surface area contributed by atoms with Gasteiger partial charge >= 0.3 is 5.97 Å². The molecule has 0 saturated carbocycles. The summed E-state index contributed by atoms with van der Waals surface area (Å²) in [5, 5.41) is 9.44. The quantitative estimate of drug-likeness (QED) is 0.779. The summed E-state index contributed by atoms with van der Waals surface area (Å²) in [6.45, 7) is 7.11. The van der Waals surface area contributed by atoms with Crippen LogP contribution in [-0.4, -0.2) is 41.0 Å². The van der Waals surface area contributed by atoms with E-state index >= 15 is 0 Å². The molecule has 0 aromatic rings. The Morgan fingerprint density at radius 1 is 1.30 bits per heavy atom. The highest BCUT2D eigenvalue weighted by atomic mass is 16.4. The number of nitrogens with two attached hydrogens (primary N) is 1. The van der Waals surface area contributed by atoms with E-state index < -0.39 is 17.4 Å². The van der Waals surface area contributed by atoms with Gasteiger partial charge in [-0.05, 0) is 31.6 Å². The summed E-state index contributed by atoms with van der Waals surface area (Å²) in [7, 11) is 0. The van der Waals surface area contributed by atoms with Gasteiger partial charge in [-0.25, -0.2) is 0 Å². The van der Waals surface area contributed by atoms with E-state index in [1.165, 1.54) is 0 Å². The average molecular weight is 284 g/mol. The molecule has 0 unspecified atom stereocenters. The number of aliphatic carboxylic acids is 1. The smallest absolute Gasteiger partial charge is 0.309 e. The number of carbonyl (C=O) groups excluding carboxylic acids is 1. The number of rotatable bonds is 6. The monoisotopic (exact) mass is 284 g/mol. The number of carbonyl (C=O) groups is 2. The van der Waals surface area contributed by atoms with Crippen molar-refractivity contribution in [1.82, 2.24) is 4.90 Å². The van der Waals surface area contributed by atoms with Crippen molar-refractivity contribution in [1.29, 1.82) is 0 Å². The molecule has 1 aliphatic heterocycles. The van der Waals surface area contributed by atoms with Crippen LogP contribution in [0.3, 0.4) is 0 Å². The predicted octanol–water partition coefficient (Wildman–Crippen LogP) is 1.85. The molecule has 0 aliphatic carbocycles. The number of carboxylic acid groups (broad SMARTS) is 1. The Bertz CT molecular complexity index is 347. The number of carboxylic acids is 1. The van der Waals surface area contributed by atoms with Gasteiger partial charge < -0.3 is 15.7 Å². The highest BCUT2D eigenvalue weighted by Gasteiger charge is 2.41. The molecule has 116 valence electrons. The molecule has 0 spiro atoms. The van der Waals surface area contributed by atoms with Crippen LogP contribution in [0.15, 0.2) is 0 Å². The maximum Gasteiger partial charge on any atom is 0.309 e. The first kappa shape index (κ1) is 17.0. The van der Waals surface area contributed by atoms with Gasteiger partial charge in [-0.2, -0.15) is 0 Å². The summed E-state index contributed by atoms with van der Waals surface area (Å²) < 4.78 is 0. The van der Waals surface area contributed by atoms with Gasteiger partial charge in [-0.15, -0.1) is 0 Å². The second kappa shape index (κ2) is 7.07. The number of hydrogen-bond acceptors (Lipinski definition) is 3. The summed E-state index contributed by atoms with van der Waals surface area (Å²) in [6.07, 6.45) is 3.29. The Morgan fingerprint density at radius 3 is 2.25 bits per heavy atom. The Balaban J connectivity index is 2.60. The van der Waals surface area contributed by atoms with Crippen molar-refractivity contribution in [3.05, 3.63) is 0 Å². The number of nitrogens with zero attached hydrogens (tertiary/aromatic N) is 1. The fourth-order valence-corrected chi connectivity index (χ4v) is 3.05. The number of amides is 1. The lowest BCUT2D eigenvalue weighted by molar-refractivity contribution is -0.155. The summed E-state index contributed by atoms with van der Waals surface area (Å²) >= 11 is 0. The summed E-state index contributed by atoms with van der Waals surface area (Å²) in [4.78, 5) is 25.5. The van der Waals surface area contributed by atoms with Crippen molar-refractivity contribution in [3.8, 4) is 0 Å². The van der Waals surface area contributed by atoms with Gasteiger partial charge in [0.25, 0.3) is 0 Å². The van der Waals surface area contributed by atoms with E-state index in [2.05, 4.69) is 0 Å². The minimum atomic E-state index is -0.724. The maximum atomic E-state index is 12.2. The zero-order chi connectivity index (χ0) is 15.3. The molecule has 5 heteroatoms. The first-order chi connectivity index (χ1) is 9.32. The molecule has 0 bridgehead atoms. The zero-order valence-corrected chi connectivity index (χ0v) is 12.9. The molecule has 5 nitrogen and oxygen atoms in total. The molecule has 0 aromatic carbocycles. The lowest BCUT2D eigenvalue weighted by atomic mass is 9.75. The van der Waals surface area contributed by atoms with Crippen LogP contribution in [0.4, 0.5) is 0 Å². The SMILES string of the molecule is CCCC1(C(=O)O)CCN(C(=O)[C@@H](N)CC(C)C)CC1. The van der Waals surface area contributed by atoms with Crippen LogP contribution in [0.25, 0.3) is 0 Å². The van der Waals surface area contributed by atoms with Crippen LogP contribution in [0.2, 0.25) is 0 Å². The van der Waals surface area contributed by atoms with E-state index in [9.17, 15) is 14.7 Å². The second-order valence-corrected chi connectivity index (χ2v) is 6.40. The van der Waals surface area contributed by atoms with Gasteiger partial charge in [-0.1, -0.05) is 27.2 Å². The van der Waals surface area contributed by atoms with E-state index in [4.69, 9.17) is 5.73 Å². The molecule has 20 heavy (non-hydrogen) atoms. The fourth-order valence-electron chi connectivity index (χ4n) is 3.05. The van der Waals surface area contributed by atoms with Crippen molar-refractivity contribution >= 4 is 11.9 Å². The lowest BCUT2D eigenvalue weighted by Crippen LogP contribution is -2.51.